The zero-order chi connectivity index (χ0) is 19.1. The van der Waals surface area contributed by atoms with Crippen molar-refractivity contribution in [1.29, 1.82) is 0 Å². The first kappa shape index (κ1) is 20.4. The molecule has 0 radical (unpaired) electrons. The van der Waals surface area contributed by atoms with E-state index < -0.39 is 0 Å². The van der Waals surface area contributed by atoms with Crippen LogP contribution in [0.25, 0.3) is 0 Å². The summed E-state index contributed by atoms with van der Waals surface area (Å²) in [5, 5.41) is 7.43. The second-order valence-electron chi connectivity index (χ2n) is 7.50. The SMILES string of the molecule is CCCCc1ccc(NC(=S)Nc2c(C(C)C)cccc2C(C)C)cc1. The number of rotatable bonds is 7. The summed E-state index contributed by atoms with van der Waals surface area (Å²) in [6, 6.07) is 15.1. The van der Waals surface area contributed by atoms with Crippen LogP contribution in [0.5, 0.6) is 0 Å². The normalized spacial score (nSPS) is 11.0. The Hall–Kier alpha value is -1.87. The van der Waals surface area contributed by atoms with E-state index in [-0.39, 0.29) is 0 Å². The Morgan fingerprint density at radius 1 is 0.885 bits per heavy atom. The monoisotopic (exact) mass is 368 g/mol. The molecule has 140 valence electrons. The van der Waals surface area contributed by atoms with E-state index >= 15 is 0 Å². The van der Waals surface area contributed by atoms with Crippen molar-refractivity contribution in [3.05, 3.63) is 59.2 Å². The fourth-order valence-corrected chi connectivity index (χ4v) is 3.33. The highest BCUT2D eigenvalue weighted by Gasteiger charge is 2.14. The van der Waals surface area contributed by atoms with E-state index in [0.29, 0.717) is 16.9 Å². The molecule has 0 saturated heterocycles. The van der Waals surface area contributed by atoms with Gasteiger partial charge < -0.3 is 10.6 Å². The number of aryl methyl sites for hydroxylation is 1. The van der Waals surface area contributed by atoms with Crippen LogP contribution in [0.3, 0.4) is 0 Å². The molecule has 26 heavy (non-hydrogen) atoms. The average molecular weight is 369 g/mol. The number of nitrogens with one attached hydrogen (secondary N) is 2. The molecule has 2 N–H and O–H groups in total. The molecule has 0 spiro atoms. The molecule has 0 aliphatic rings. The zero-order valence-electron chi connectivity index (χ0n) is 16.7. The van der Waals surface area contributed by atoms with Gasteiger partial charge in [-0.15, -0.1) is 0 Å². The molecule has 0 atom stereocenters. The summed E-state index contributed by atoms with van der Waals surface area (Å²) in [6.07, 6.45) is 3.59. The Morgan fingerprint density at radius 2 is 1.46 bits per heavy atom. The lowest BCUT2D eigenvalue weighted by atomic mass is 9.93. The number of anilines is 2. The quantitative estimate of drug-likeness (QED) is 0.510. The highest BCUT2D eigenvalue weighted by molar-refractivity contribution is 7.80. The van der Waals surface area contributed by atoms with E-state index in [9.17, 15) is 0 Å². The molecule has 3 heteroatoms. The lowest BCUT2D eigenvalue weighted by Gasteiger charge is -2.21. The van der Waals surface area contributed by atoms with Crippen LogP contribution < -0.4 is 10.6 Å². The summed E-state index contributed by atoms with van der Waals surface area (Å²) in [7, 11) is 0. The van der Waals surface area contributed by atoms with Gasteiger partial charge in [0.05, 0.1) is 0 Å². The van der Waals surface area contributed by atoms with Crippen molar-refractivity contribution in [3.8, 4) is 0 Å². The van der Waals surface area contributed by atoms with Gasteiger partial charge in [-0.3, -0.25) is 0 Å². The molecular formula is C23H32N2S. The van der Waals surface area contributed by atoms with Crippen molar-refractivity contribution in [2.45, 2.75) is 65.7 Å². The van der Waals surface area contributed by atoms with Gasteiger partial charge in [0.25, 0.3) is 0 Å². The molecule has 0 unspecified atom stereocenters. The number of thiocarbonyl (C=S) groups is 1. The molecule has 2 aromatic rings. The highest BCUT2D eigenvalue weighted by atomic mass is 32.1. The van der Waals surface area contributed by atoms with Gasteiger partial charge in [-0.05, 0) is 65.7 Å². The molecule has 0 aliphatic carbocycles. The molecule has 2 aromatic carbocycles. The van der Waals surface area contributed by atoms with Crippen molar-refractivity contribution in [2.75, 3.05) is 10.6 Å². The summed E-state index contributed by atoms with van der Waals surface area (Å²) in [5.41, 5.74) is 6.15. The topological polar surface area (TPSA) is 24.1 Å². The van der Waals surface area contributed by atoms with E-state index in [0.717, 1.165) is 17.8 Å². The standard InChI is InChI=1S/C23H32N2S/c1-6-7-9-18-12-14-19(15-13-18)24-23(26)25-22-20(16(2)3)10-8-11-21(22)17(4)5/h8,10-17H,6-7,9H2,1-5H3,(H2,24,25,26). The molecule has 0 aromatic heterocycles. The number of hydrogen-bond acceptors (Lipinski definition) is 1. The summed E-state index contributed by atoms with van der Waals surface area (Å²) < 4.78 is 0. The average Bonchev–Trinajstić information content (AvgIpc) is 2.60. The summed E-state index contributed by atoms with van der Waals surface area (Å²) >= 11 is 5.59. The van der Waals surface area contributed by atoms with Gasteiger partial charge in [-0.2, -0.15) is 0 Å². The fourth-order valence-electron chi connectivity index (χ4n) is 3.11. The van der Waals surface area contributed by atoms with Crippen molar-refractivity contribution < 1.29 is 0 Å². The zero-order valence-corrected chi connectivity index (χ0v) is 17.5. The Bertz CT molecular complexity index is 691. The van der Waals surface area contributed by atoms with Crippen molar-refractivity contribution in [1.82, 2.24) is 0 Å². The molecule has 0 aliphatic heterocycles. The van der Waals surface area contributed by atoms with Gasteiger partial charge in [0, 0.05) is 11.4 Å². The molecule has 2 nitrogen and oxygen atoms in total. The van der Waals surface area contributed by atoms with E-state index in [1.807, 2.05) is 0 Å². The second-order valence-corrected chi connectivity index (χ2v) is 7.91. The first-order valence-electron chi connectivity index (χ1n) is 9.72. The maximum Gasteiger partial charge on any atom is 0.175 e. The Balaban J connectivity index is 2.12. The van der Waals surface area contributed by atoms with Crippen LogP contribution in [-0.2, 0) is 6.42 Å². The van der Waals surface area contributed by atoms with Crippen LogP contribution in [0.2, 0.25) is 0 Å². The van der Waals surface area contributed by atoms with Crippen LogP contribution in [0.4, 0.5) is 11.4 Å². The van der Waals surface area contributed by atoms with Crippen molar-refractivity contribution in [2.24, 2.45) is 0 Å². The van der Waals surface area contributed by atoms with Gasteiger partial charge in [-0.1, -0.05) is 71.4 Å². The lowest BCUT2D eigenvalue weighted by Crippen LogP contribution is -2.21. The number of unbranched alkanes of at least 4 members (excludes halogenated alkanes) is 1. The van der Waals surface area contributed by atoms with E-state index in [4.69, 9.17) is 12.2 Å². The highest BCUT2D eigenvalue weighted by Crippen LogP contribution is 2.32. The lowest BCUT2D eigenvalue weighted by molar-refractivity contribution is 0.795. The number of hydrogen-bond donors (Lipinski definition) is 2. The van der Waals surface area contributed by atoms with E-state index in [2.05, 4.69) is 87.7 Å². The fraction of sp³-hybridized carbons (Fsp3) is 0.435. The number of para-hydroxylation sites is 1. The molecule has 2 rings (SSSR count). The molecular weight excluding hydrogens is 336 g/mol. The first-order chi connectivity index (χ1) is 12.4. The van der Waals surface area contributed by atoms with Gasteiger partial charge in [0.15, 0.2) is 5.11 Å². The van der Waals surface area contributed by atoms with E-state index in [1.165, 1.54) is 29.5 Å². The van der Waals surface area contributed by atoms with Crippen LogP contribution in [0.1, 0.15) is 76.0 Å². The third-order valence-corrected chi connectivity index (χ3v) is 4.85. The second kappa shape index (κ2) is 9.72. The Labute approximate surface area is 164 Å². The first-order valence-corrected chi connectivity index (χ1v) is 10.1. The van der Waals surface area contributed by atoms with Gasteiger partial charge in [0.2, 0.25) is 0 Å². The minimum Gasteiger partial charge on any atom is -0.332 e. The van der Waals surface area contributed by atoms with Gasteiger partial charge >= 0.3 is 0 Å². The summed E-state index contributed by atoms with van der Waals surface area (Å²) in [4.78, 5) is 0. The number of benzene rings is 2. The molecule has 0 heterocycles. The minimum atomic E-state index is 0.442. The third-order valence-electron chi connectivity index (χ3n) is 4.64. The Morgan fingerprint density at radius 3 is 1.96 bits per heavy atom. The largest absolute Gasteiger partial charge is 0.332 e. The van der Waals surface area contributed by atoms with Crippen LogP contribution in [0, 0.1) is 0 Å². The predicted molar refractivity (Wildman–Crippen MR) is 120 cm³/mol. The summed E-state index contributed by atoms with van der Waals surface area (Å²) in [5.74, 6) is 0.883. The van der Waals surface area contributed by atoms with Gasteiger partial charge in [-0.25, -0.2) is 0 Å². The van der Waals surface area contributed by atoms with Crippen LogP contribution >= 0.6 is 12.2 Å². The van der Waals surface area contributed by atoms with Gasteiger partial charge in [0.1, 0.15) is 0 Å². The minimum absolute atomic E-state index is 0.442. The smallest absolute Gasteiger partial charge is 0.175 e. The molecule has 0 saturated carbocycles. The predicted octanol–water partition coefficient (Wildman–Crippen LogP) is 7.08. The van der Waals surface area contributed by atoms with Crippen LogP contribution in [-0.4, -0.2) is 5.11 Å². The van der Waals surface area contributed by atoms with Crippen molar-refractivity contribution in [3.63, 3.8) is 0 Å². The third kappa shape index (κ3) is 5.57. The van der Waals surface area contributed by atoms with E-state index in [1.54, 1.807) is 0 Å². The Kier molecular flexibility index (Phi) is 7.65. The van der Waals surface area contributed by atoms with Crippen LogP contribution in [0.15, 0.2) is 42.5 Å². The molecule has 0 amide bonds. The summed E-state index contributed by atoms with van der Waals surface area (Å²) in [6.45, 7) is 11.1. The molecule has 0 bridgehead atoms. The maximum absolute atomic E-state index is 5.59. The maximum atomic E-state index is 5.59. The molecule has 0 fully saturated rings. The van der Waals surface area contributed by atoms with Crippen molar-refractivity contribution >= 4 is 28.7 Å².